The van der Waals surface area contributed by atoms with Gasteiger partial charge in [-0.2, -0.15) is 19.6 Å². The Bertz CT molecular complexity index is 520. The molecule has 0 unspecified atom stereocenters. The van der Waals surface area contributed by atoms with E-state index < -0.39 is 0 Å². The number of halogens is 1. The highest BCUT2D eigenvalue weighted by molar-refractivity contribution is 6.29. The third-order valence-corrected chi connectivity index (χ3v) is 3.50. The molecule has 0 atom stereocenters. The molecular weight excluding hydrogens is 238 g/mol. The van der Waals surface area contributed by atoms with Crippen LogP contribution in [0.5, 0.6) is 0 Å². The molecule has 0 aliphatic heterocycles. The number of anilines is 1. The number of nitrogens with one attached hydrogen (secondary N) is 1. The van der Waals surface area contributed by atoms with Crippen LogP contribution in [-0.4, -0.2) is 26.1 Å². The Morgan fingerprint density at radius 1 is 1.47 bits per heavy atom. The van der Waals surface area contributed by atoms with Gasteiger partial charge in [-0.15, -0.1) is 0 Å². The number of hydrogen-bond donors (Lipinski definition) is 1. The molecular formula is C11H14ClN5. The average molecular weight is 252 g/mol. The Balaban J connectivity index is 1.72. The van der Waals surface area contributed by atoms with E-state index in [1.165, 1.54) is 32.0 Å². The van der Waals surface area contributed by atoms with Crippen LogP contribution in [-0.2, 0) is 0 Å². The molecule has 0 aromatic carbocycles. The summed E-state index contributed by atoms with van der Waals surface area (Å²) in [5.74, 6) is 2.28. The van der Waals surface area contributed by atoms with Crippen molar-refractivity contribution in [1.82, 2.24) is 19.6 Å². The third kappa shape index (κ3) is 2.20. The minimum Gasteiger partial charge on any atom is -0.370 e. The van der Waals surface area contributed by atoms with Gasteiger partial charge in [-0.05, 0) is 12.3 Å². The van der Waals surface area contributed by atoms with Gasteiger partial charge in [-0.1, -0.05) is 30.9 Å². The zero-order chi connectivity index (χ0) is 11.7. The van der Waals surface area contributed by atoms with Crippen molar-refractivity contribution in [2.24, 2.45) is 5.92 Å². The van der Waals surface area contributed by atoms with Crippen molar-refractivity contribution >= 4 is 23.2 Å². The molecule has 2 heterocycles. The molecule has 2 aromatic heterocycles. The molecule has 1 fully saturated rings. The van der Waals surface area contributed by atoms with Crippen molar-refractivity contribution in [3.05, 3.63) is 17.5 Å². The lowest BCUT2D eigenvalue weighted by Gasteiger charge is -2.25. The van der Waals surface area contributed by atoms with Crippen molar-refractivity contribution in [3.63, 3.8) is 0 Å². The fraction of sp³-hybridized carbons (Fsp3) is 0.545. The van der Waals surface area contributed by atoms with E-state index in [0.29, 0.717) is 10.9 Å². The van der Waals surface area contributed by atoms with E-state index in [1.807, 2.05) is 0 Å². The lowest BCUT2D eigenvalue weighted by Crippen LogP contribution is -2.16. The van der Waals surface area contributed by atoms with E-state index >= 15 is 0 Å². The van der Waals surface area contributed by atoms with Gasteiger partial charge in [0.05, 0.1) is 0 Å². The van der Waals surface area contributed by atoms with Gasteiger partial charge in [0.25, 0.3) is 5.78 Å². The number of rotatable bonds is 4. The first-order valence-corrected chi connectivity index (χ1v) is 6.31. The molecule has 0 amide bonds. The second kappa shape index (κ2) is 4.49. The van der Waals surface area contributed by atoms with Crippen LogP contribution in [0, 0.1) is 5.92 Å². The van der Waals surface area contributed by atoms with Crippen LogP contribution in [0.15, 0.2) is 12.4 Å². The Morgan fingerprint density at radius 3 is 3.12 bits per heavy atom. The minimum atomic E-state index is 0.441. The van der Waals surface area contributed by atoms with Crippen molar-refractivity contribution < 1.29 is 0 Å². The van der Waals surface area contributed by atoms with Gasteiger partial charge in [0.15, 0.2) is 0 Å². The van der Waals surface area contributed by atoms with Crippen molar-refractivity contribution in [2.75, 3.05) is 11.9 Å². The summed E-state index contributed by atoms with van der Waals surface area (Å²) in [5, 5.41) is 7.90. The Labute approximate surface area is 104 Å². The fourth-order valence-electron chi connectivity index (χ4n) is 2.10. The molecule has 2 aromatic rings. The third-order valence-electron chi connectivity index (χ3n) is 3.30. The minimum absolute atomic E-state index is 0.441. The van der Waals surface area contributed by atoms with Gasteiger partial charge in [-0.25, -0.2) is 0 Å². The van der Waals surface area contributed by atoms with E-state index in [1.54, 1.807) is 10.6 Å². The quantitative estimate of drug-likeness (QED) is 0.848. The summed E-state index contributed by atoms with van der Waals surface area (Å²) in [4.78, 5) is 8.11. The maximum Gasteiger partial charge on any atom is 0.255 e. The fourth-order valence-corrected chi connectivity index (χ4v) is 2.27. The summed E-state index contributed by atoms with van der Waals surface area (Å²) in [6.07, 6.45) is 6.82. The van der Waals surface area contributed by atoms with E-state index in [2.05, 4.69) is 20.4 Å². The number of hydrogen-bond acceptors (Lipinski definition) is 4. The highest BCUT2D eigenvalue weighted by Gasteiger charge is 2.16. The average Bonchev–Trinajstić information content (AvgIpc) is 2.69. The smallest absolute Gasteiger partial charge is 0.255 e. The highest BCUT2D eigenvalue weighted by atomic mass is 35.5. The lowest BCUT2D eigenvalue weighted by atomic mass is 9.83. The molecule has 0 radical (unpaired) electrons. The van der Waals surface area contributed by atoms with Gasteiger partial charge in [-0.3, -0.25) is 0 Å². The molecule has 0 bridgehead atoms. The first kappa shape index (κ1) is 10.8. The molecule has 3 rings (SSSR count). The molecule has 17 heavy (non-hydrogen) atoms. The van der Waals surface area contributed by atoms with Crippen molar-refractivity contribution in [1.29, 1.82) is 0 Å². The van der Waals surface area contributed by atoms with E-state index in [0.717, 1.165) is 18.3 Å². The largest absolute Gasteiger partial charge is 0.370 e. The van der Waals surface area contributed by atoms with Crippen molar-refractivity contribution in [2.45, 2.75) is 25.7 Å². The Hall–Kier alpha value is -1.36. The summed E-state index contributed by atoms with van der Waals surface area (Å²) in [5.41, 5.74) is 0. The lowest BCUT2D eigenvalue weighted by molar-refractivity contribution is 0.303. The molecule has 90 valence electrons. The SMILES string of the molecule is Clc1cc(NCCC2CCC2)n2ncnc2n1. The molecule has 5 nitrogen and oxygen atoms in total. The predicted molar refractivity (Wildman–Crippen MR) is 66.2 cm³/mol. The summed E-state index contributed by atoms with van der Waals surface area (Å²) >= 11 is 5.93. The number of aromatic nitrogens is 4. The Morgan fingerprint density at radius 2 is 2.35 bits per heavy atom. The van der Waals surface area contributed by atoms with E-state index in [9.17, 15) is 0 Å². The van der Waals surface area contributed by atoms with Crippen LogP contribution >= 0.6 is 11.6 Å². The van der Waals surface area contributed by atoms with Crippen LogP contribution < -0.4 is 5.32 Å². The summed E-state index contributed by atoms with van der Waals surface area (Å²) < 4.78 is 1.67. The first-order valence-electron chi connectivity index (χ1n) is 5.93. The van der Waals surface area contributed by atoms with Gasteiger partial charge < -0.3 is 5.32 Å². The van der Waals surface area contributed by atoms with Crippen LogP contribution in [0.4, 0.5) is 5.82 Å². The van der Waals surface area contributed by atoms with Crippen molar-refractivity contribution in [3.8, 4) is 0 Å². The van der Waals surface area contributed by atoms with Crippen LogP contribution in [0.25, 0.3) is 5.78 Å². The summed E-state index contributed by atoms with van der Waals surface area (Å²) in [6.45, 7) is 0.944. The molecule has 1 saturated carbocycles. The van der Waals surface area contributed by atoms with Crippen LogP contribution in [0.2, 0.25) is 5.15 Å². The second-order valence-electron chi connectivity index (χ2n) is 4.45. The molecule has 1 aliphatic rings. The molecule has 0 saturated heterocycles. The topological polar surface area (TPSA) is 55.1 Å². The predicted octanol–water partition coefficient (Wildman–Crippen LogP) is 2.38. The van der Waals surface area contributed by atoms with E-state index in [-0.39, 0.29) is 0 Å². The van der Waals surface area contributed by atoms with Crippen LogP contribution in [0.1, 0.15) is 25.7 Å². The zero-order valence-corrected chi connectivity index (χ0v) is 10.2. The van der Waals surface area contributed by atoms with Crippen LogP contribution in [0.3, 0.4) is 0 Å². The normalized spacial score (nSPS) is 16.1. The monoisotopic (exact) mass is 251 g/mol. The number of nitrogens with zero attached hydrogens (tertiary/aromatic N) is 4. The molecule has 6 heteroatoms. The summed E-state index contributed by atoms with van der Waals surface area (Å²) in [6, 6.07) is 1.78. The van der Waals surface area contributed by atoms with E-state index in [4.69, 9.17) is 11.6 Å². The zero-order valence-electron chi connectivity index (χ0n) is 9.43. The number of fused-ring (bicyclic) bond motifs is 1. The van der Waals surface area contributed by atoms with Gasteiger partial charge in [0.2, 0.25) is 0 Å². The van der Waals surface area contributed by atoms with Gasteiger partial charge in [0.1, 0.15) is 17.3 Å². The maximum atomic E-state index is 5.93. The standard InChI is InChI=1S/C11H14ClN5/c12-9-6-10(13-5-4-8-2-1-3-8)17-11(16-9)14-7-15-17/h6-8,13H,1-5H2. The van der Waals surface area contributed by atoms with Gasteiger partial charge in [0, 0.05) is 12.6 Å². The second-order valence-corrected chi connectivity index (χ2v) is 4.84. The van der Waals surface area contributed by atoms with Gasteiger partial charge >= 0.3 is 0 Å². The Kier molecular flexibility index (Phi) is 2.84. The molecule has 0 spiro atoms. The highest BCUT2D eigenvalue weighted by Crippen LogP contribution is 2.29. The first-order chi connectivity index (χ1) is 8.33. The molecule has 1 aliphatic carbocycles. The molecule has 1 N–H and O–H groups in total. The maximum absolute atomic E-state index is 5.93. The summed E-state index contributed by atoms with van der Waals surface area (Å²) in [7, 11) is 0.